The molecule has 1 radical (unpaired) electrons. The van der Waals surface area contributed by atoms with E-state index in [1.807, 2.05) is 42.5 Å². The van der Waals surface area contributed by atoms with Crippen LogP contribution >= 0.6 is 0 Å². The second-order valence-electron chi connectivity index (χ2n) is 8.84. The normalized spacial score (nSPS) is 13.0. The van der Waals surface area contributed by atoms with Gasteiger partial charge in [-0.3, -0.25) is 4.79 Å². The molecule has 5 heteroatoms. The van der Waals surface area contributed by atoms with Crippen LogP contribution in [0.3, 0.4) is 0 Å². The first-order valence-corrected chi connectivity index (χ1v) is 12.6. The Labute approximate surface area is 175 Å². The Morgan fingerprint density at radius 2 is 1.76 bits per heavy atom. The number of ether oxygens (including phenoxy) is 1. The molecular formula is C24H31N2O2Si. The van der Waals surface area contributed by atoms with Gasteiger partial charge >= 0.3 is 0 Å². The van der Waals surface area contributed by atoms with Gasteiger partial charge in [-0.1, -0.05) is 70.3 Å². The fourth-order valence-electron chi connectivity index (χ4n) is 3.60. The molecule has 1 atom stereocenters. The van der Waals surface area contributed by atoms with E-state index in [2.05, 4.69) is 49.9 Å². The first kappa shape index (κ1) is 21.3. The summed E-state index contributed by atoms with van der Waals surface area (Å²) in [6.07, 6.45) is 0. The van der Waals surface area contributed by atoms with Gasteiger partial charge in [0.15, 0.2) is 0 Å². The maximum Gasteiger partial charge on any atom is 0.248 e. The summed E-state index contributed by atoms with van der Waals surface area (Å²) < 4.78 is 6.10. The van der Waals surface area contributed by atoms with Crippen molar-refractivity contribution in [1.29, 1.82) is 0 Å². The Bertz CT molecular complexity index is 1010. The Kier molecular flexibility index (Phi) is 6.60. The molecule has 0 aliphatic carbocycles. The molecule has 4 nitrogen and oxygen atoms in total. The summed E-state index contributed by atoms with van der Waals surface area (Å²) in [6.45, 7) is 12.7. The molecule has 2 N–H and O–H groups in total. The van der Waals surface area contributed by atoms with Crippen LogP contribution < -0.4 is 15.3 Å². The lowest BCUT2D eigenvalue weighted by atomic mass is 9.75. The number of H-pyrrole nitrogens is 1. The van der Waals surface area contributed by atoms with Crippen LogP contribution in [0, 0.1) is 5.41 Å². The van der Waals surface area contributed by atoms with Gasteiger partial charge in [0.05, 0.1) is 5.52 Å². The van der Waals surface area contributed by atoms with Crippen LogP contribution in [0.4, 0.5) is 0 Å². The molecule has 3 rings (SSSR count). The lowest BCUT2D eigenvalue weighted by Crippen LogP contribution is -2.36. The number of nitrogens with one attached hydrogen (secondary N) is 2. The highest BCUT2D eigenvalue weighted by Crippen LogP contribution is 2.39. The van der Waals surface area contributed by atoms with Gasteiger partial charge in [0.1, 0.15) is 21.3 Å². The zero-order valence-electron chi connectivity index (χ0n) is 18.0. The topological polar surface area (TPSA) is 54.1 Å². The van der Waals surface area contributed by atoms with Crippen molar-refractivity contribution in [2.75, 3.05) is 6.54 Å². The standard InChI is InChI=1S/C24H31N2O2Si/c1-24(2,3)20(15-25-29(4)5)18-11-13-21(23-19(18)12-14-22(27)26-23)28-16-17-9-7-6-8-10-17/h6-14,20,25H,15-16H2,1-5H3,(H,26,27). The molecule has 0 spiro atoms. The predicted molar refractivity (Wildman–Crippen MR) is 123 cm³/mol. The van der Waals surface area contributed by atoms with Gasteiger partial charge in [-0.15, -0.1) is 0 Å². The highest BCUT2D eigenvalue weighted by molar-refractivity contribution is 6.52. The van der Waals surface area contributed by atoms with E-state index in [9.17, 15) is 4.79 Å². The number of aromatic nitrogens is 1. The van der Waals surface area contributed by atoms with E-state index in [1.54, 1.807) is 6.07 Å². The number of rotatable bonds is 7. The first-order chi connectivity index (χ1) is 13.8. The Balaban J connectivity index is 2.02. The quantitative estimate of drug-likeness (QED) is 0.537. The van der Waals surface area contributed by atoms with E-state index in [0.29, 0.717) is 18.3 Å². The van der Waals surface area contributed by atoms with Crippen molar-refractivity contribution in [3.8, 4) is 5.75 Å². The Morgan fingerprint density at radius 1 is 1.03 bits per heavy atom. The van der Waals surface area contributed by atoms with Gasteiger partial charge in [-0.25, -0.2) is 0 Å². The molecule has 0 amide bonds. The third kappa shape index (κ3) is 5.37. The Hall–Kier alpha value is -2.37. The van der Waals surface area contributed by atoms with Crippen molar-refractivity contribution in [3.63, 3.8) is 0 Å². The summed E-state index contributed by atoms with van der Waals surface area (Å²) in [4.78, 5) is 18.8. The van der Waals surface area contributed by atoms with Gasteiger partial charge in [0.2, 0.25) is 5.56 Å². The van der Waals surface area contributed by atoms with E-state index >= 15 is 0 Å². The summed E-state index contributed by atoms with van der Waals surface area (Å²) in [5.74, 6) is 1.03. The van der Waals surface area contributed by atoms with E-state index in [0.717, 1.165) is 23.0 Å². The number of pyridine rings is 1. The van der Waals surface area contributed by atoms with Crippen molar-refractivity contribution in [1.82, 2.24) is 9.97 Å². The molecule has 0 bridgehead atoms. The van der Waals surface area contributed by atoms with Gasteiger partial charge in [0, 0.05) is 17.4 Å². The first-order valence-electron chi connectivity index (χ1n) is 10.1. The molecule has 3 aromatic rings. The number of aromatic amines is 1. The number of hydrogen-bond donors (Lipinski definition) is 2. The van der Waals surface area contributed by atoms with Crippen LogP contribution in [0.15, 0.2) is 59.4 Å². The van der Waals surface area contributed by atoms with E-state index in [-0.39, 0.29) is 11.0 Å². The average molecular weight is 408 g/mol. The molecule has 0 saturated heterocycles. The maximum atomic E-state index is 12.1. The van der Waals surface area contributed by atoms with Crippen LogP contribution in [-0.4, -0.2) is 20.5 Å². The lowest BCUT2D eigenvalue weighted by molar-refractivity contribution is 0.307. The smallest absolute Gasteiger partial charge is 0.248 e. The van der Waals surface area contributed by atoms with Gasteiger partial charge in [-0.05, 0) is 35.2 Å². The fourth-order valence-corrected chi connectivity index (χ4v) is 4.21. The summed E-state index contributed by atoms with van der Waals surface area (Å²) in [5, 5.41) is 1.05. The van der Waals surface area contributed by atoms with Crippen LogP contribution in [-0.2, 0) is 6.61 Å². The summed E-state index contributed by atoms with van der Waals surface area (Å²) in [5.41, 5.74) is 3.09. The number of hydrogen-bond acceptors (Lipinski definition) is 3. The van der Waals surface area contributed by atoms with Crippen molar-refractivity contribution in [2.45, 2.75) is 46.4 Å². The van der Waals surface area contributed by atoms with Crippen LogP contribution in [0.1, 0.15) is 37.8 Å². The van der Waals surface area contributed by atoms with Crippen molar-refractivity contribution in [3.05, 3.63) is 76.1 Å². The third-order valence-electron chi connectivity index (χ3n) is 5.21. The highest BCUT2D eigenvalue weighted by atomic mass is 28.3. The van der Waals surface area contributed by atoms with E-state index in [1.165, 1.54) is 5.56 Å². The monoisotopic (exact) mass is 407 g/mol. The zero-order valence-corrected chi connectivity index (χ0v) is 19.0. The second-order valence-corrected chi connectivity index (χ2v) is 11.2. The molecule has 153 valence electrons. The molecule has 0 fully saturated rings. The molecule has 29 heavy (non-hydrogen) atoms. The summed E-state index contributed by atoms with van der Waals surface area (Å²) in [6, 6.07) is 17.8. The molecule has 1 unspecified atom stereocenters. The SMILES string of the molecule is C[Si](C)NCC(c1ccc(OCc2ccccc2)c2[nH]c(=O)ccc12)C(C)(C)C. The third-order valence-corrected chi connectivity index (χ3v) is 6.12. The maximum absolute atomic E-state index is 12.1. The minimum absolute atomic E-state index is 0.0831. The average Bonchev–Trinajstić information content (AvgIpc) is 2.66. The second kappa shape index (κ2) is 8.97. The van der Waals surface area contributed by atoms with Gasteiger partial charge < -0.3 is 14.7 Å². The van der Waals surface area contributed by atoms with Gasteiger partial charge in [-0.2, -0.15) is 0 Å². The zero-order chi connectivity index (χ0) is 21.0. The molecule has 0 aliphatic heterocycles. The van der Waals surface area contributed by atoms with Crippen LogP contribution in [0.5, 0.6) is 5.75 Å². The number of benzene rings is 2. The summed E-state index contributed by atoms with van der Waals surface area (Å²) >= 11 is 0. The van der Waals surface area contributed by atoms with E-state index < -0.39 is 8.96 Å². The molecule has 0 saturated carbocycles. The van der Waals surface area contributed by atoms with Gasteiger partial charge in [0.25, 0.3) is 0 Å². The minimum atomic E-state index is -0.535. The molecule has 0 aliphatic rings. The molecule has 1 heterocycles. The Morgan fingerprint density at radius 3 is 2.41 bits per heavy atom. The van der Waals surface area contributed by atoms with Crippen molar-refractivity contribution >= 4 is 19.9 Å². The lowest BCUT2D eigenvalue weighted by Gasteiger charge is -2.33. The van der Waals surface area contributed by atoms with Crippen LogP contribution in [0.25, 0.3) is 10.9 Å². The minimum Gasteiger partial charge on any atom is -0.487 e. The fraction of sp³-hybridized carbons (Fsp3) is 0.375. The van der Waals surface area contributed by atoms with Crippen molar-refractivity contribution < 1.29 is 4.74 Å². The highest BCUT2D eigenvalue weighted by Gasteiger charge is 2.28. The van der Waals surface area contributed by atoms with E-state index in [4.69, 9.17) is 4.74 Å². The number of fused-ring (bicyclic) bond motifs is 1. The molecule has 2 aromatic carbocycles. The summed E-state index contributed by atoms with van der Waals surface area (Å²) in [7, 11) is -0.535. The van der Waals surface area contributed by atoms with Crippen LogP contribution in [0.2, 0.25) is 13.1 Å². The van der Waals surface area contributed by atoms with Crippen molar-refractivity contribution in [2.24, 2.45) is 5.41 Å². The largest absolute Gasteiger partial charge is 0.487 e. The molecule has 1 aromatic heterocycles. The molecular weight excluding hydrogens is 376 g/mol. The predicted octanol–water partition coefficient (Wildman–Crippen LogP) is 5.08.